The second-order valence-corrected chi connectivity index (χ2v) is 8.04. The van der Waals surface area contributed by atoms with E-state index in [4.69, 9.17) is 9.97 Å². The van der Waals surface area contributed by atoms with Crippen molar-refractivity contribution in [2.24, 2.45) is 5.92 Å². The van der Waals surface area contributed by atoms with Gasteiger partial charge in [-0.25, -0.2) is 9.97 Å². The lowest BCUT2D eigenvalue weighted by Gasteiger charge is -2.35. The smallest absolute Gasteiger partial charge is 0.227 e. The maximum Gasteiger partial charge on any atom is 0.227 e. The van der Waals surface area contributed by atoms with Gasteiger partial charge in [-0.2, -0.15) is 0 Å². The highest BCUT2D eigenvalue weighted by atomic mass is 16.2. The molecule has 148 valence electrons. The van der Waals surface area contributed by atoms with Crippen molar-refractivity contribution in [2.45, 2.75) is 25.8 Å². The Morgan fingerprint density at radius 2 is 2.11 bits per heavy atom. The van der Waals surface area contributed by atoms with Crippen LogP contribution in [0.25, 0.3) is 11.4 Å². The van der Waals surface area contributed by atoms with Crippen molar-refractivity contribution in [1.82, 2.24) is 24.8 Å². The third-order valence-corrected chi connectivity index (χ3v) is 5.67. The fourth-order valence-corrected chi connectivity index (χ4v) is 4.22. The summed E-state index contributed by atoms with van der Waals surface area (Å²) in [4.78, 5) is 33.2. The number of piperidine rings is 1. The monoisotopic (exact) mass is 380 g/mol. The molecule has 2 aromatic heterocycles. The molecule has 0 saturated carbocycles. The van der Waals surface area contributed by atoms with E-state index in [1.165, 1.54) is 0 Å². The summed E-state index contributed by atoms with van der Waals surface area (Å²) in [5, 5.41) is 0. The topological polar surface area (TPSA) is 65.5 Å². The standard InChI is InChI=1S/C21H28N6O/c1-25(2)20-17-8-11-27(21(28)16-7-5-10-26(3)13-16)14-18(17)23-19(24-20)15-6-4-9-22-12-15/h4,6,9,12,16H,5,7-8,10-11,13-14H2,1-3H3/t16-/m0/s1. The van der Waals surface area contributed by atoms with Gasteiger partial charge in [0.05, 0.1) is 18.2 Å². The van der Waals surface area contributed by atoms with E-state index in [1.807, 2.05) is 36.0 Å². The van der Waals surface area contributed by atoms with Crippen molar-refractivity contribution in [3.63, 3.8) is 0 Å². The van der Waals surface area contributed by atoms with Gasteiger partial charge in [-0.3, -0.25) is 9.78 Å². The van der Waals surface area contributed by atoms with E-state index in [0.29, 0.717) is 12.4 Å². The minimum Gasteiger partial charge on any atom is -0.362 e. The predicted molar refractivity (Wildman–Crippen MR) is 109 cm³/mol. The number of hydrogen-bond donors (Lipinski definition) is 0. The second-order valence-electron chi connectivity index (χ2n) is 8.04. The number of likely N-dealkylation sites (tertiary alicyclic amines) is 1. The van der Waals surface area contributed by atoms with Crippen molar-refractivity contribution in [3.8, 4) is 11.4 Å². The molecule has 2 aliphatic heterocycles. The molecule has 0 N–H and O–H groups in total. The molecule has 1 atom stereocenters. The van der Waals surface area contributed by atoms with Gasteiger partial charge < -0.3 is 14.7 Å². The zero-order valence-corrected chi connectivity index (χ0v) is 16.9. The number of rotatable bonds is 3. The normalized spacial score (nSPS) is 20.0. The van der Waals surface area contributed by atoms with E-state index in [1.54, 1.807) is 12.4 Å². The molecule has 2 aliphatic rings. The predicted octanol–water partition coefficient (Wildman–Crippen LogP) is 1.83. The Hall–Kier alpha value is -2.54. The highest BCUT2D eigenvalue weighted by molar-refractivity contribution is 5.79. The molecule has 1 amide bonds. The summed E-state index contributed by atoms with van der Waals surface area (Å²) >= 11 is 0. The summed E-state index contributed by atoms with van der Waals surface area (Å²) in [6.45, 7) is 3.24. The molecule has 1 saturated heterocycles. The Balaban J connectivity index is 1.63. The highest BCUT2D eigenvalue weighted by Crippen LogP contribution is 2.29. The van der Waals surface area contributed by atoms with E-state index < -0.39 is 0 Å². The SMILES string of the molecule is CN1CCC[C@H](C(=O)N2CCc3c(nc(-c4cccnc4)nc3N(C)C)C2)C1. The highest BCUT2D eigenvalue weighted by Gasteiger charge is 2.32. The number of aromatic nitrogens is 3. The number of amides is 1. The van der Waals surface area contributed by atoms with Crippen molar-refractivity contribution >= 4 is 11.7 Å². The van der Waals surface area contributed by atoms with Gasteiger partial charge in [0.15, 0.2) is 5.82 Å². The van der Waals surface area contributed by atoms with Crippen LogP contribution in [0.3, 0.4) is 0 Å². The Bertz CT molecular complexity index is 853. The van der Waals surface area contributed by atoms with Crippen LogP contribution in [0.5, 0.6) is 0 Å². The van der Waals surface area contributed by atoms with Crippen LogP contribution in [0, 0.1) is 5.92 Å². The van der Waals surface area contributed by atoms with Crippen LogP contribution in [-0.2, 0) is 17.8 Å². The lowest BCUT2D eigenvalue weighted by atomic mass is 9.95. The van der Waals surface area contributed by atoms with Crippen LogP contribution >= 0.6 is 0 Å². The molecule has 2 aromatic rings. The molecule has 0 radical (unpaired) electrons. The van der Waals surface area contributed by atoms with Gasteiger partial charge in [0.1, 0.15) is 5.82 Å². The number of carbonyl (C=O) groups excluding carboxylic acids is 1. The Labute approximate surface area is 166 Å². The maximum atomic E-state index is 13.1. The fraction of sp³-hybridized carbons (Fsp3) is 0.524. The Morgan fingerprint density at radius 3 is 2.82 bits per heavy atom. The number of pyridine rings is 1. The number of nitrogens with zero attached hydrogens (tertiary/aromatic N) is 6. The molecule has 0 bridgehead atoms. The first kappa shape index (κ1) is 18.8. The van der Waals surface area contributed by atoms with E-state index in [2.05, 4.69) is 16.9 Å². The van der Waals surface area contributed by atoms with Crippen molar-refractivity contribution in [3.05, 3.63) is 35.8 Å². The summed E-state index contributed by atoms with van der Waals surface area (Å²) in [5.74, 6) is 1.98. The molecular formula is C21H28N6O. The van der Waals surface area contributed by atoms with Gasteiger partial charge in [0.25, 0.3) is 0 Å². The average molecular weight is 380 g/mol. The molecule has 0 aromatic carbocycles. The molecule has 0 spiro atoms. The van der Waals surface area contributed by atoms with Crippen molar-refractivity contribution in [1.29, 1.82) is 0 Å². The summed E-state index contributed by atoms with van der Waals surface area (Å²) in [7, 11) is 6.11. The van der Waals surface area contributed by atoms with Gasteiger partial charge >= 0.3 is 0 Å². The number of hydrogen-bond acceptors (Lipinski definition) is 6. The van der Waals surface area contributed by atoms with Crippen LogP contribution < -0.4 is 4.90 Å². The van der Waals surface area contributed by atoms with E-state index in [0.717, 1.165) is 61.5 Å². The average Bonchev–Trinajstić information content (AvgIpc) is 2.72. The van der Waals surface area contributed by atoms with Gasteiger partial charge in [-0.15, -0.1) is 0 Å². The number of anilines is 1. The quantitative estimate of drug-likeness (QED) is 0.809. The number of fused-ring (bicyclic) bond motifs is 1. The van der Waals surface area contributed by atoms with E-state index in [-0.39, 0.29) is 11.8 Å². The molecular weight excluding hydrogens is 352 g/mol. The Kier molecular flexibility index (Phi) is 5.26. The lowest BCUT2D eigenvalue weighted by Crippen LogP contribution is -2.45. The van der Waals surface area contributed by atoms with Gasteiger partial charge in [0.2, 0.25) is 5.91 Å². The number of carbonyl (C=O) groups is 1. The molecule has 0 aliphatic carbocycles. The minimum absolute atomic E-state index is 0.105. The van der Waals surface area contributed by atoms with E-state index in [9.17, 15) is 4.79 Å². The zero-order chi connectivity index (χ0) is 19.7. The molecule has 1 fully saturated rings. The largest absolute Gasteiger partial charge is 0.362 e. The van der Waals surface area contributed by atoms with Crippen LogP contribution in [0.1, 0.15) is 24.1 Å². The zero-order valence-electron chi connectivity index (χ0n) is 16.9. The fourth-order valence-electron chi connectivity index (χ4n) is 4.22. The first-order valence-corrected chi connectivity index (χ1v) is 9.98. The lowest BCUT2D eigenvalue weighted by molar-refractivity contribution is -0.138. The molecule has 7 heteroatoms. The van der Waals surface area contributed by atoms with Crippen LogP contribution in [0.2, 0.25) is 0 Å². The first-order chi connectivity index (χ1) is 13.5. The molecule has 4 heterocycles. The summed E-state index contributed by atoms with van der Waals surface area (Å²) in [5.41, 5.74) is 3.01. The summed E-state index contributed by atoms with van der Waals surface area (Å²) < 4.78 is 0. The first-order valence-electron chi connectivity index (χ1n) is 9.98. The van der Waals surface area contributed by atoms with Crippen molar-refractivity contribution in [2.75, 3.05) is 45.7 Å². The molecule has 4 rings (SSSR count). The minimum atomic E-state index is 0.105. The van der Waals surface area contributed by atoms with Gasteiger partial charge in [0, 0.05) is 50.7 Å². The van der Waals surface area contributed by atoms with Crippen LogP contribution in [-0.4, -0.2) is 71.4 Å². The molecule has 0 unspecified atom stereocenters. The third kappa shape index (κ3) is 3.71. The van der Waals surface area contributed by atoms with Gasteiger partial charge in [-0.05, 0) is 45.0 Å². The second kappa shape index (κ2) is 7.83. The van der Waals surface area contributed by atoms with Crippen molar-refractivity contribution < 1.29 is 4.79 Å². The van der Waals surface area contributed by atoms with Crippen LogP contribution in [0.4, 0.5) is 5.82 Å². The van der Waals surface area contributed by atoms with Gasteiger partial charge in [-0.1, -0.05) is 0 Å². The third-order valence-electron chi connectivity index (χ3n) is 5.67. The summed E-state index contributed by atoms with van der Waals surface area (Å²) in [6.07, 6.45) is 6.40. The maximum absolute atomic E-state index is 13.1. The molecule has 28 heavy (non-hydrogen) atoms. The summed E-state index contributed by atoms with van der Waals surface area (Å²) in [6, 6.07) is 3.86. The molecule has 7 nitrogen and oxygen atoms in total. The van der Waals surface area contributed by atoms with E-state index >= 15 is 0 Å². The van der Waals surface area contributed by atoms with Crippen LogP contribution in [0.15, 0.2) is 24.5 Å². The Morgan fingerprint density at radius 1 is 1.25 bits per heavy atom.